The van der Waals surface area contributed by atoms with Crippen LogP contribution in [0.2, 0.25) is 0 Å². The quantitative estimate of drug-likeness (QED) is 0.579. The topological polar surface area (TPSA) is 39.7 Å². The SMILES string of the molecule is CN=C(NCCC1CCN(C)CC1)NCC1(Sc2ccccc2)CC1. The van der Waals surface area contributed by atoms with E-state index in [9.17, 15) is 0 Å². The second-order valence-corrected chi connectivity index (χ2v) is 9.03. The van der Waals surface area contributed by atoms with E-state index in [2.05, 4.69) is 57.9 Å². The van der Waals surface area contributed by atoms with Gasteiger partial charge in [0.15, 0.2) is 5.96 Å². The van der Waals surface area contributed by atoms with Gasteiger partial charge in [0, 0.05) is 29.8 Å². The van der Waals surface area contributed by atoms with Crippen LogP contribution in [0.15, 0.2) is 40.2 Å². The second kappa shape index (κ2) is 8.95. The standard InChI is InChI=1S/C20H32N4S/c1-21-19(22-13-8-17-9-14-24(2)15-10-17)23-16-20(11-12-20)25-18-6-4-3-5-7-18/h3-7,17H,8-16H2,1-2H3,(H2,21,22,23). The van der Waals surface area contributed by atoms with E-state index in [1.807, 2.05) is 18.8 Å². The Morgan fingerprint density at radius 3 is 2.56 bits per heavy atom. The molecule has 0 amide bonds. The minimum absolute atomic E-state index is 0.354. The van der Waals surface area contributed by atoms with Crippen molar-refractivity contribution < 1.29 is 0 Å². The van der Waals surface area contributed by atoms with Crippen LogP contribution in [0.5, 0.6) is 0 Å². The first-order valence-electron chi connectivity index (χ1n) is 9.56. The van der Waals surface area contributed by atoms with Crippen molar-refractivity contribution >= 4 is 17.7 Å². The number of guanidine groups is 1. The summed E-state index contributed by atoms with van der Waals surface area (Å²) in [6.07, 6.45) is 6.48. The molecule has 5 heteroatoms. The smallest absolute Gasteiger partial charge is 0.191 e. The Balaban J connectivity index is 1.36. The van der Waals surface area contributed by atoms with Crippen molar-refractivity contribution in [3.8, 4) is 0 Å². The molecule has 1 saturated heterocycles. The zero-order valence-electron chi connectivity index (χ0n) is 15.6. The lowest BCUT2D eigenvalue weighted by atomic mass is 9.94. The summed E-state index contributed by atoms with van der Waals surface area (Å²) >= 11 is 2.01. The molecule has 1 heterocycles. The number of benzene rings is 1. The Bertz CT molecular complexity index is 548. The van der Waals surface area contributed by atoms with Crippen molar-refractivity contribution in [2.75, 3.05) is 40.3 Å². The van der Waals surface area contributed by atoms with Gasteiger partial charge in [-0.05, 0) is 70.3 Å². The van der Waals surface area contributed by atoms with Crippen LogP contribution in [-0.2, 0) is 0 Å². The van der Waals surface area contributed by atoms with Gasteiger partial charge in [-0.15, -0.1) is 11.8 Å². The molecule has 0 bridgehead atoms. The maximum atomic E-state index is 4.40. The summed E-state index contributed by atoms with van der Waals surface area (Å²) in [5.41, 5.74) is 0. The molecule has 0 radical (unpaired) electrons. The zero-order chi connectivity index (χ0) is 17.5. The molecule has 1 aliphatic carbocycles. The summed E-state index contributed by atoms with van der Waals surface area (Å²) < 4.78 is 0.354. The van der Waals surface area contributed by atoms with E-state index < -0.39 is 0 Å². The molecule has 0 atom stereocenters. The van der Waals surface area contributed by atoms with Gasteiger partial charge in [-0.25, -0.2) is 0 Å². The van der Waals surface area contributed by atoms with Crippen molar-refractivity contribution in [3.05, 3.63) is 30.3 Å². The molecule has 0 aromatic heterocycles. The van der Waals surface area contributed by atoms with Crippen molar-refractivity contribution in [2.45, 2.75) is 41.7 Å². The third-order valence-electron chi connectivity index (χ3n) is 5.37. The van der Waals surface area contributed by atoms with Gasteiger partial charge in [0.05, 0.1) is 0 Å². The average Bonchev–Trinajstić information content (AvgIpc) is 3.40. The maximum absolute atomic E-state index is 4.40. The molecule has 1 saturated carbocycles. The molecular formula is C20H32N4S. The van der Waals surface area contributed by atoms with Crippen molar-refractivity contribution in [1.29, 1.82) is 0 Å². The van der Waals surface area contributed by atoms with Crippen LogP contribution in [0.4, 0.5) is 0 Å². The summed E-state index contributed by atoms with van der Waals surface area (Å²) in [5, 5.41) is 7.06. The number of hydrogen-bond donors (Lipinski definition) is 2. The molecule has 138 valence electrons. The Morgan fingerprint density at radius 2 is 1.92 bits per heavy atom. The number of aliphatic imine (C=N–C) groups is 1. The fraction of sp³-hybridized carbons (Fsp3) is 0.650. The lowest BCUT2D eigenvalue weighted by molar-refractivity contribution is 0.213. The highest BCUT2D eigenvalue weighted by atomic mass is 32.2. The van der Waals surface area contributed by atoms with Gasteiger partial charge in [0.25, 0.3) is 0 Å². The molecular weight excluding hydrogens is 328 g/mol. The zero-order valence-corrected chi connectivity index (χ0v) is 16.4. The molecule has 2 fully saturated rings. The van der Waals surface area contributed by atoms with Crippen molar-refractivity contribution in [2.24, 2.45) is 10.9 Å². The molecule has 0 unspecified atom stereocenters. The van der Waals surface area contributed by atoms with E-state index in [-0.39, 0.29) is 0 Å². The fourth-order valence-corrected chi connectivity index (χ4v) is 4.65. The predicted molar refractivity (Wildman–Crippen MR) is 108 cm³/mol. The van der Waals surface area contributed by atoms with Crippen LogP contribution in [-0.4, -0.2) is 55.9 Å². The third kappa shape index (κ3) is 5.93. The van der Waals surface area contributed by atoms with Gasteiger partial charge in [0.2, 0.25) is 0 Å². The minimum Gasteiger partial charge on any atom is -0.356 e. The summed E-state index contributed by atoms with van der Waals surface area (Å²) in [4.78, 5) is 8.20. The molecule has 3 rings (SSSR count). The van der Waals surface area contributed by atoms with Gasteiger partial charge in [-0.3, -0.25) is 4.99 Å². The first-order valence-corrected chi connectivity index (χ1v) is 10.4. The number of likely N-dealkylation sites (tertiary alicyclic amines) is 1. The normalized spacial score (nSPS) is 21.1. The fourth-order valence-electron chi connectivity index (χ4n) is 3.40. The van der Waals surface area contributed by atoms with Crippen LogP contribution in [0.1, 0.15) is 32.1 Å². The minimum atomic E-state index is 0.354. The highest BCUT2D eigenvalue weighted by molar-refractivity contribution is 8.01. The summed E-state index contributed by atoms with van der Waals surface area (Å²) in [5.74, 6) is 1.82. The number of hydrogen-bond acceptors (Lipinski definition) is 3. The van der Waals surface area contributed by atoms with E-state index in [0.29, 0.717) is 4.75 Å². The Morgan fingerprint density at radius 1 is 1.20 bits per heavy atom. The highest BCUT2D eigenvalue weighted by Gasteiger charge is 2.43. The molecule has 0 spiro atoms. The molecule has 1 aromatic carbocycles. The largest absolute Gasteiger partial charge is 0.356 e. The average molecular weight is 361 g/mol. The predicted octanol–water partition coefficient (Wildman–Crippen LogP) is 3.21. The Labute approximate surface area is 156 Å². The molecule has 2 N–H and O–H groups in total. The van der Waals surface area contributed by atoms with Gasteiger partial charge in [-0.1, -0.05) is 18.2 Å². The highest BCUT2D eigenvalue weighted by Crippen LogP contribution is 2.51. The summed E-state index contributed by atoms with van der Waals surface area (Å²) in [7, 11) is 4.09. The summed E-state index contributed by atoms with van der Waals surface area (Å²) in [6, 6.07) is 10.7. The Hall–Kier alpha value is -1.20. The van der Waals surface area contributed by atoms with Crippen LogP contribution >= 0.6 is 11.8 Å². The monoisotopic (exact) mass is 360 g/mol. The molecule has 4 nitrogen and oxygen atoms in total. The van der Waals surface area contributed by atoms with Gasteiger partial charge in [0.1, 0.15) is 0 Å². The van der Waals surface area contributed by atoms with E-state index in [1.165, 1.54) is 50.1 Å². The van der Waals surface area contributed by atoms with E-state index in [1.54, 1.807) is 0 Å². The van der Waals surface area contributed by atoms with Crippen molar-refractivity contribution in [1.82, 2.24) is 15.5 Å². The number of nitrogens with one attached hydrogen (secondary N) is 2. The van der Waals surface area contributed by atoms with E-state index in [4.69, 9.17) is 0 Å². The molecule has 2 aliphatic rings. The first-order chi connectivity index (χ1) is 12.2. The van der Waals surface area contributed by atoms with Gasteiger partial charge in [-0.2, -0.15) is 0 Å². The van der Waals surface area contributed by atoms with Crippen LogP contribution in [0.3, 0.4) is 0 Å². The lowest BCUT2D eigenvalue weighted by Gasteiger charge is -2.29. The van der Waals surface area contributed by atoms with Crippen molar-refractivity contribution in [3.63, 3.8) is 0 Å². The number of thioether (sulfide) groups is 1. The number of nitrogens with zero attached hydrogens (tertiary/aromatic N) is 2. The number of piperidine rings is 1. The summed E-state index contributed by atoms with van der Waals surface area (Å²) in [6.45, 7) is 4.50. The Kier molecular flexibility index (Phi) is 6.65. The first kappa shape index (κ1) is 18.6. The molecule has 25 heavy (non-hydrogen) atoms. The van der Waals surface area contributed by atoms with Gasteiger partial charge < -0.3 is 15.5 Å². The van der Waals surface area contributed by atoms with E-state index in [0.717, 1.165) is 25.0 Å². The third-order valence-corrected chi connectivity index (χ3v) is 6.86. The molecule has 1 aliphatic heterocycles. The lowest BCUT2D eigenvalue weighted by Crippen LogP contribution is -2.42. The van der Waals surface area contributed by atoms with Crippen LogP contribution < -0.4 is 10.6 Å². The number of rotatable bonds is 7. The van der Waals surface area contributed by atoms with Crippen LogP contribution in [0, 0.1) is 5.92 Å². The second-order valence-electron chi connectivity index (χ2n) is 7.49. The van der Waals surface area contributed by atoms with E-state index >= 15 is 0 Å². The molecule has 1 aromatic rings. The van der Waals surface area contributed by atoms with Gasteiger partial charge >= 0.3 is 0 Å². The van der Waals surface area contributed by atoms with Crippen LogP contribution in [0.25, 0.3) is 0 Å². The maximum Gasteiger partial charge on any atom is 0.191 e.